The summed E-state index contributed by atoms with van der Waals surface area (Å²) < 4.78 is 10.2. The van der Waals surface area contributed by atoms with Crippen molar-refractivity contribution in [3.05, 3.63) is 59.2 Å². The molecule has 0 bridgehead atoms. The van der Waals surface area contributed by atoms with Crippen LogP contribution >= 0.6 is 11.6 Å². The molecule has 0 saturated carbocycles. The van der Waals surface area contributed by atoms with Crippen molar-refractivity contribution >= 4 is 40.1 Å². The lowest BCUT2D eigenvalue weighted by Crippen LogP contribution is -2.21. The van der Waals surface area contributed by atoms with Crippen molar-refractivity contribution in [2.75, 3.05) is 19.0 Å². The van der Waals surface area contributed by atoms with Crippen molar-refractivity contribution in [1.82, 2.24) is 4.98 Å². The van der Waals surface area contributed by atoms with Crippen LogP contribution in [-0.2, 0) is 9.53 Å². The number of nitrogens with one attached hydrogen (secondary N) is 2. The molecule has 3 rings (SSSR count). The normalized spacial score (nSPS) is 10.5. The largest absolute Gasteiger partial charge is 0.495 e. The second kappa shape index (κ2) is 7.27. The summed E-state index contributed by atoms with van der Waals surface area (Å²) in [6.45, 7) is -0.442. The number of ether oxygens (including phenoxy) is 2. The molecule has 0 fully saturated rings. The first kappa shape index (κ1) is 16.9. The number of aromatic nitrogens is 1. The molecule has 1 amide bonds. The Morgan fingerprint density at radius 3 is 2.60 bits per heavy atom. The highest BCUT2D eigenvalue weighted by Crippen LogP contribution is 2.27. The molecule has 0 radical (unpaired) electrons. The fourth-order valence-corrected chi connectivity index (χ4v) is 2.68. The number of halogens is 1. The van der Waals surface area contributed by atoms with Crippen molar-refractivity contribution in [3.8, 4) is 5.75 Å². The standard InChI is InChI=1S/C18H15ClN2O4/c1-24-14-9-5-4-8-13(14)20-15(22)10-25-18(23)17-16(19)11-6-2-3-7-12(11)21-17/h2-9,21H,10H2,1H3,(H,20,22). The van der Waals surface area contributed by atoms with Crippen molar-refractivity contribution in [2.24, 2.45) is 0 Å². The van der Waals surface area contributed by atoms with Crippen LogP contribution in [0.4, 0.5) is 5.69 Å². The van der Waals surface area contributed by atoms with Crippen molar-refractivity contribution in [3.63, 3.8) is 0 Å². The van der Waals surface area contributed by atoms with Gasteiger partial charge in [-0.2, -0.15) is 0 Å². The van der Waals surface area contributed by atoms with Gasteiger partial charge in [0, 0.05) is 10.9 Å². The van der Waals surface area contributed by atoms with Gasteiger partial charge in [0.1, 0.15) is 11.4 Å². The van der Waals surface area contributed by atoms with E-state index in [-0.39, 0.29) is 10.7 Å². The number of methoxy groups -OCH3 is 1. The predicted molar refractivity (Wildman–Crippen MR) is 95.2 cm³/mol. The maximum atomic E-state index is 12.2. The van der Waals surface area contributed by atoms with Gasteiger partial charge in [0.15, 0.2) is 6.61 Å². The second-order valence-electron chi connectivity index (χ2n) is 5.18. The third kappa shape index (κ3) is 3.59. The minimum Gasteiger partial charge on any atom is -0.495 e. The molecule has 7 heteroatoms. The molecule has 0 aliphatic carbocycles. The van der Waals surface area contributed by atoms with Crippen LogP contribution in [0.5, 0.6) is 5.75 Å². The Labute approximate surface area is 148 Å². The molecule has 0 saturated heterocycles. The number of amides is 1. The molecular formula is C18H15ClN2O4. The summed E-state index contributed by atoms with van der Waals surface area (Å²) in [5.74, 6) is -0.665. The van der Waals surface area contributed by atoms with E-state index >= 15 is 0 Å². The maximum Gasteiger partial charge on any atom is 0.356 e. The topological polar surface area (TPSA) is 80.4 Å². The van der Waals surface area contributed by atoms with Gasteiger partial charge in [-0.3, -0.25) is 4.79 Å². The van der Waals surface area contributed by atoms with Gasteiger partial charge in [0.2, 0.25) is 0 Å². The minimum atomic E-state index is -0.698. The minimum absolute atomic E-state index is 0.118. The van der Waals surface area contributed by atoms with Gasteiger partial charge in [0.05, 0.1) is 17.8 Å². The summed E-state index contributed by atoms with van der Waals surface area (Å²) >= 11 is 6.19. The Morgan fingerprint density at radius 1 is 1.12 bits per heavy atom. The molecule has 3 aromatic rings. The highest BCUT2D eigenvalue weighted by Gasteiger charge is 2.18. The van der Waals surface area contributed by atoms with Crippen molar-refractivity contribution < 1.29 is 19.1 Å². The Hall–Kier alpha value is -2.99. The van der Waals surface area contributed by atoms with E-state index in [0.717, 1.165) is 10.9 Å². The van der Waals surface area contributed by atoms with E-state index in [4.69, 9.17) is 21.1 Å². The van der Waals surface area contributed by atoms with E-state index in [1.165, 1.54) is 7.11 Å². The Bertz CT molecular complexity index is 936. The molecule has 0 atom stereocenters. The lowest BCUT2D eigenvalue weighted by Gasteiger charge is -2.09. The molecule has 25 heavy (non-hydrogen) atoms. The Kier molecular flexibility index (Phi) is 4.90. The van der Waals surface area contributed by atoms with E-state index in [1.807, 2.05) is 12.1 Å². The first-order chi connectivity index (χ1) is 12.1. The number of H-pyrrole nitrogens is 1. The monoisotopic (exact) mass is 358 g/mol. The zero-order chi connectivity index (χ0) is 17.8. The molecular weight excluding hydrogens is 344 g/mol. The molecule has 128 valence electrons. The summed E-state index contributed by atoms with van der Waals surface area (Å²) in [4.78, 5) is 27.1. The zero-order valence-corrected chi connectivity index (χ0v) is 14.1. The van der Waals surface area contributed by atoms with Gasteiger partial charge >= 0.3 is 5.97 Å². The highest BCUT2D eigenvalue weighted by molar-refractivity contribution is 6.38. The third-order valence-corrected chi connectivity index (χ3v) is 3.95. The summed E-state index contributed by atoms with van der Waals surface area (Å²) in [5, 5.41) is 3.61. The molecule has 1 heterocycles. The average Bonchev–Trinajstić information content (AvgIpc) is 2.97. The van der Waals surface area contributed by atoms with E-state index in [9.17, 15) is 9.59 Å². The maximum absolute atomic E-state index is 12.2. The lowest BCUT2D eigenvalue weighted by atomic mass is 10.2. The molecule has 2 N–H and O–H groups in total. The molecule has 0 spiro atoms. The van der Waals surface area contributed by atoms with Gasteiger partial charge in [0.25, 0.3) is 5.91 Å². The molecule has 0 unspecified atom stereocenters. The number of para-hydroxylation sites is 3. The number of carbonyl (C=O) groups excluding carboxylic acids is 2. The first-order valence-corrected chi connectivity index (χ1v) is 7.84. The van der Waals surface area contributed by atoms with Crippen LogP contribution in [-0.4, -0.2) is 30.6 Å². The number of fused-ring (bicyclic) bond motifs is 1. The van der Waals surface area contributed by atoms with Crippen LogP contribution in [0.25, 0.3) is 10.9 Å². The van der Waals surface area contributed by atoms with Crippen LogP contribution in [0.15, 0.2) is 48.5 Å². The quantitative estimate of drug-likeness (QED) is 0.682. The number of benzene rings is 2. The van der Waals surface area contributed by atoms with Crippen molar-refractivity contribution in [1.29, 1.82) is 0 Å². The Balaban J connectivity index is 1.65. The molecule has 2 aromatic carbocycles. The number of hydrogen-bond acceptors (Lipinski definition) is 4. The number of rotatable bonds is 5. The molecule has 0 aliphatic rings. The van der Waals surface area contributed by atoms with Gasteiger partial charge in [-0.05, 0) is 18.2 Å². The average molecular weight is 359 g/mol. The number of hydrogen-bond donors (Lipinski definition) is 2. The molecule has 0 aliphatic heterocycles. The summed E-state index contributed by atoms with van der Waals surface area (Å²) in [6.07, 6.45) is 0. The van der Waals surface area contributed by atoms with Gasteiger partial charge < -0.3 is 19.8 Å². The van der Waals surface area contributed by atoms with Crippen LogP contribution in [0.2, 0.25) is 5.02 Å². The van der Waals surface area contributed by atoms with Crippen molar-refractivity contribution in [2.45, 2.75) is 0 Å². The number of aromatic amines is 1. The fourth-order valence-electron chi connectivity index (χ4n) is 2.39. The van der Waals surface area contributed by atoms with E-state index in [0.29, 0.717) is 11.4 Å². The fraction of sp³-hybridized carbons (Fsp3) is 0.111. The predicted octanol–water partition coefficient (Wildman–Crippen LogP) is 3.63. The third-order valence-electron chi connectivity index (χ3n) is 3.56. The van der Waals surface area contributed by atoms with Crippen LogP contribution in [0.3, 0.4) is 0 Å². The Morgan fingerprint density at radius 2 is 1.84 bits per heavy atom. The van der Waals surface area contributed by atoms with E-state index < -0.39 is 18.5 Å². The molecule has 6 nitrogen and oxygen atoms in total. The highest BCUT2D eigenvalue weighted by atomic mass is 35.5. The summed E-state index contributed by atoms with van der Waals surface area (Å²) in [6, 6.07) is 14.2. The van der Waals surface area contributed by atoms with Crippen LogP contribution in [0, 0.1) is 0 Å². The number of esters is 1. The van der Waals surface area contributed by atoms with Crippen LogP contribution in [0.1, 0.15) is 10.5 Å². The number of carbonyl (C=O) groups is 2. The smallest absolute Gasteiger partial charge is 0.356 e. The molecule has 1 aromatic heterocycles. The van der Waals surface area contributed by atoms with Gasteiger partial charge in [-0.15, -0.1) is 0 Å². The first-order valence-electron chi connectivity index (χ1n) is 7.46. The number of anilines is 1. The summed E-state index contributed by atoms with van der Waals surface area (Å²) in [5.41, 5.74) is 1.33. The van der Waals surface area contributed by atoms with Crippen LogP contribution < -0.4 is 10.1 Å². The summed E-state index contributed by atoms with van der Waals surface area (Å²) in [7, 11) is 1.50. The van der Waals surface area contributed by atoms with E-state index in [1.54, 1.807) is 36.4 Å². The van der Waals surface area contributed by atoms with Gasteiger partial charge in [-0.25, -0.2) is 4.79 Å². The lowest BCUT2D eigenvalue weighted by molar-refractivity contribution is -0.119. The zero-order valence-electron chi connectivity index (χ0n) is 13.3. The van der Waals surface area contributed by atoms with Gasteiger partial charge in [-0.1, -0.05) is 41.9 Å². The SMILES string of the molecule is COc1ccccc1NC(=O)COC(=O)c1[nH]c2ccccc2c1Cl. The van der Waals surface area contributed by atoms with E-state index in [2.05, 4.69) is 10.3 Å². The second-order valence-corrected chi connectivity index (χ2v) is 5.56.